The van der Waals surface area contributed by atoms with Crippen LogP contribution in [0.4, 0.5) is 5.82 Å². The number of aromatic nitrogens is 2. The fourth-order valence-electron chi connectivity index (χ4n) is 3.09. The first-order chi connectivity index (χ1) is 9.33. The summed E-state index contributed by atoms with van der Waals surface area (Å²) in [7, 11) is 0. The summed E-state index contributed by atoms with van der Waals surface area (Å²) in [6.07, 6.45) is 7.57. The number of hydrogen-bond acceptors (Lipinski definition) is 5. The Morgan fingerprint density at radius 2 is 2.11 bits per heavy atom. The van der Waals surface area contributed by atoms with Crippen molar-refractivity contribution in [1.82, 2.24) is 15.3 Å². The van der Waals surface area contributed by atoms with E-state index >= 15 is 0 Å². The van der Waals surface area contributed by atoms with E-state index in [4.69, 9.17) is 4.74 Å². The molecule has 2 N–H and O–H groups in total. The van der Waals surface area contributed by atoms with Gasteiger partial charge in [0.05, 0.1) is 6.61 Å². The molecule has 0 radical (unpaired) electrons. The maximum atomic E-state index is 5.54. The molecule has 2 atom stereocenters. The highest BCUT2D eigenvalue weighted by Crippen LogP contribution is 2.28. The first kappa shape index (κ1) is 12.7. The molecule has 2 unspecified atom stereocenters. The predicted octanol–water partition coefficient (Wildman–Crippen LogP) is 1.96. The molecule has 2 aliphatic heterocycles. The number of fused-ring (bicyclic) bond motifs is 2. The lowest BCUT2D eigenvalue weighted by Crippen LogP contribution is -2.43. The van der Waals surface area contributed by atoms with E-state index in [0.717, 1.165) is 12.2 Å². The minimum absolute atomic E-state index is 0.521. The van der Waals surface area contributed by atoms with Gasteiger partial charge in [-0.15, -0.1) is 0 Å². The highest BCUT2D eigenvalue weighted by atomic mass is 16.5. The quantitative estimate of drug-likeness (QED) is 0.849. The highest BCUT2D eigenvalue weighted by molar-refractivity contribution is 5.38. The third kappa shape index (κ3) is 3.15. The van der Waals surface area contributed by atoms with E-state index in [0.29, 0.717) is 30.6 Å². The lowest BCUT2D eigenvalue weighted by atomic mass is 10.00. The maximum absolute atomic E-state index is 5.54. The molecular weight excluding hydrogens is 240 g/mol. The van der Waals surface area contributed by atoms with E-state index in [1.54, 1.807) is 6.33 Å². The summed E-state index contributed by atoms with van der Waals surface area (Å²) >= 11 is 0. The summed E-state index contributed by atoms with van der Waals surface area (Å²) < 4.78 is 5.54. The summed E-state index contributed by atoms with van der Waals surface area (Å²) in [4.78, 5) is 8.42. The lowest BCUT2D eigenvalue weighted by molar-refractivity contribution is 0.304. The van der Waals surface area contributed by atoms with Crippen LogP contribution < -0.4 is 15.4 Å². The molecule has 3 heterocycles. The summed E-state index contributed by atoms with van der Waals surface area (Å²) in [6.45, 7) is 2.79. The number of hydrogen-bond donors (Lipinski definition) is 2. The zero-order valence-corrected chi connectivity index (χ0v) is 11.4. The summed E-state index contributed by atoms with van der Waals surface area (Å²) in [5.41, 5.74) is 0. The Kier molecular flexibility index (Phi) is 3.82. The van der Waals surface area contributed by atoms with Crippen molar-refractivity contribution in [1.29, 1.82) is 0 Å². The van der Waals surface area contributed by atoms with E-state index in [2.05, 4.69) is 27.5 Å². The van der Waals surface area contributed by atoms with Crippen LogP contribution in [0.15, 0.2) is 12.4 Å². The Morgan fingerprint density at radius 1 is 1.32 bits per heavy atom. The molecule has 2 saturated heterocycles. The summed E-state index contributed by atoms with van der Waals surface area (Å²) in [5.74, 6) is 1.55. The molecule has 1 aromatic rings. The first-order valence-electron chi connectivity index (χ1n) is 7.31. The largest absolute Gasteiger partial charge is 0.478 e. The van der Waals surface area contributed by atoms with Crippen LogP contribution >= 0.6 is 0 Å². The Bertz CT molecular complexity index is 414. The van der Waals surface area contributed by atoms with E-state index in [9.17, 15) is 0 Å². The van der Waals surface area contributed by atoms with E-state index in [1.807, 2.05) is 6.07 Å². The fraction of sp³-hybridized carbons (Fsp3) is 0.714. The van der Waals surface area contributed by atoms with Gasteiger partial charge in [-0.1, -0.05) is 6.92 Å². The van der Waals surface area contributed by atoms with Crippen LogP contribution in [0.2, 0.25) is 0 Å². The van der Waals surface area contributed by atoms with Gasteiger partial charge >= 0.3 is 0 Å². The Morgan fingerprint density at radius 3 is 2.84 bits per heavy atom. The van der Waals surface area contributed by atoms with E-state index < -0.39 is 0 Å². The molecule has 104 valence electrons. The maximum Gasteiger partial charge on any atom is 0.218 e. The summed E-state index contributed by atoms with van der Waals surface area (Å²) in [6, 6.07) is 3.80. The third-order valence-corrected chi connectivity index (χ3v) is 3.92. The molecule has 5 heteroatoms. The van der Waals surface area contributed by atoms with Crippen LogP contribution in [0, 0.1) is 0 Å². The van der Waals surface area contributed by atoms with Crippen LogP contribution in [-0.4, -0.2) is 34.7 Å². The molecule has 0 spiro atoms. The van der Waals surface area contributed by atoms with Gasteiger partial charge in [-0.05, 0) is 32.1 Å². The van der Waals surface area contributed by atoms with Crippen LogP contribution in [0.1, 0.15) is 39.0 Å². The predicted molar refractivity (Wildman–Crippen MR) is 74.4 cm³/mol. The molecule has 0 saturated carbocycles. The minimum Gasteiger partial charge on any atom is -0.478 e. The van der Waals surface area contributed by atoms with Crippen molar-refractivity contribution in [2.45, 2.75) is 57.2 Å². The zero-order chi connectivity index (χ0) is 13.1. The Labute approximate surface area is 114 Å². The highest BCUT2D eigenvalue weighted by Gasteiger charge is 2.33. The van der Waals surface area contributed by atoms with E-state index in [-0.39, 0.29) is 0 Å². The number of nitrogens with one attached hydrogen (secondary N) is 2. The van der Waals surface area contributed by atoms with Crippen molar-refractivity contribution in [2.75, 3.05) is 11.9 Å². The SMILES string of the molecule is CCCOc1cc(NC2CC3CCC(C2)N3)ncn1. The monoisotopic (exact) mass is 262 g/mol. The first-order valence-corrected chi connectivity index (χ1v) is 7.31. The number of anilines is 1. The standard InChI is InChI=1S/C14H22N4O/c1-2-5-19-14-8-13(15-9-16-14)18-12-6-10-3-4-11(7-12)17-10/h8-12,17H,2-7H2,1H3,(H,15,16,18). The van der Waals surface area contributed by atoms with Gasteiger partial charge < -0.3 is 15.4 Å². The topological polar surface area (TPSA) is 59.1 Å². The lowest BCUT2D eigenvalue weighted by Gasteiger charge is -2.30. The molecule has 0 aliphatic carbocycles. The van der Waals surface area contributed by atoms with Crippen LogP contribution in [0.3, 0.4) is 0 Å². The zero-order valence-electron chi connectivity index (χ0n) is 11.4. The molecule has 1 aromatic heterocycles. The average Bonchev–Trinajstić information content (AvgIpc) is 2.76. The van der Waals surface area contributed by atoms with Gasteiger partial charge in [-0.2, -0.15) is 0 Å². The van der Waals surface area contributed by atoms with Gasteiger partial charge in [0.2, 0.25) is 5.88 Å². The third-order valence-electron chi connectivity index (χ3n) is 3.92. The van der Waals surface area contributed by atoms with Gasteiger partial charge in [0.15, 0.2) is 0 Å². The number of ether oxygens (including phenoxy) is 1. The minimum atomic E-state index is 0.521. The number of nitrogens with zero attached hydrogens (tertiary/aromatic N) is 2. The van der Waals surface area contributed by atoms with Gasteiger partial charge in [0.25, 0.3) is 0 Å². The van der Waals surface area contributed by atoms with Crippen molar-refractivity contribution in [3.8, 4) is 5.88 Å². The van der Waals surface area contributed by atoms with Gasteiger partial charge in [0, 0.05) is 24.2 Å². The smallest absolute Gasteiger partial charge is 0.218 e. The van der Waals surface area contributed by atoms with Crippen LogP contribution in [-0.2, 0) is 0 Å². The molecule has 5 nitrogen and oxygen atoms in total. The molecule has 19 heavy (non-hydrogen) atoms. The molecule has 2 fully saturated rings. The van der Waals surface area contributed by atoms with Crippen LogP contribution in [0.25, 0.3) is 0 Å². The van der Waals surface area contributed by atoms with Crippen molar-refractivity contribution < 1.29 is 4.74 Å². The average molecular weight is 262 g/mol. The summed E-state index contributed by atoms with van der Waals surface area (Å²) in [5, 5.41) is 7.18. The Balaban J connectivity index is 1.60. The number of piperidine rings is 1. The van der Waals surface area contributed by atoms with Crippen LogP contribution in [0.5, 0.6) is 5.88 Å². The second-order valence-corrected chi connectivity index (χ2v) is 5.54. The fourth-order valence-corrected chi connectivity index (χ4v) is 3.09. The van der Waals surface area contributed by atoms with Crippen molar-refractivity contribution in [3.63, 3.8) is 0 Å². The number of rotatable bonds is 5. The second-order valence-electron chi connectivity index (χ2n) is 5.54. The van der Waals surface area contributed by atoms with Gasteiger partial charge in [-0.25, -0.2) is 9.97 Å². The van der Waals surface area contributed by atoms with E-state index in [1.165, 1.54) is 25.7 Å². The molecule has 0 aromatic carbocycles. The van der Waals surface area contributed by atoms with Gasteiger partial charge in [-0.3, -0.25) is 0 Å². The molecular formula is C14H22N4O. The molecule has 2 bridgehead atoms. The van der Waals surface area contributed by atoms with Gasteiger partial charge in [0.1, 0.15) is 12.1 Å². The normalized spacial score (nSPS) is 29.2. The Hall–Kier alpha value is -1.36. The van der Waals surface area contributed by atoms with Crippen molar-refractivity contribution in [2.24, 2.45) is 0 Å². The molecule has 3 rings (SSSR count). The van der Waals surface area contributed by atoms with Crippen molar-refractivity contribution in [3.05, 3.63) is 12.4 Å². The molecule has 2 aliphatic rings. The van der Waals surface area contributed by atoms with Crippen molar-refractivity contribution >= 4 is 5.82 Å². The molecule has 0 amide bonds. The second kappa shape index (κ2) is 5.74.